The Balaban J connectivity index is 2.59. The molecule has 0 N–H and O–H groups in total. The minimum Gasteiger partial charge on any atom is -0.367 e. The van der Waals surface area contributed by atoms with E-state index in [1.807, 2.05) is 20.8 Å². The zero-order chi connectivity index (χ0) is 13.9. The van der Waals surface area contributed by atoms with Gasteiger partial charge in [-0.05, 0) is 34.6 Å². The summed E-state index contributed by atoms with van der Waals surface area (Å²) in [4.78, 5) is 19.5. The van der Waals surface area contributed by atoms with Crippen molar-refractivity contribution in [2.45, 2.75) is 46.7 Å². The van der Waals surface area contributed by atoms with Crippen LogP contribution >= 0.6 is 0 Å². The van der Waals surface area contributed by atoms with Crippen LogP contribution in [0.2, 0.25) is 0 Å². The minimum atomic E-state index is -0.470. The van der Waals surface area contributed by atoms with E-state index < -0.39 is 5.41 Å². The molecule has 1 aliphatic heterocycles. The average Bonchev–Trinajstić information content (AvgIpc) is 2.22. The van der Waals surface area contributed by atoms with Gasteiger partial charge in [0.1, 0.15) is 0 Å². The second kappa shape index (κ2) is 5.73. The van der Waals surface area contributed by atoms with Gasteiger partial charge in [-0.25, -0.2) is 4.79 Å². The zero-order valence-corrected chi connectivity index (χ0v) is 12.1. The first kappa shape index (κ1) is 15.0. The van der Waals surface area contributed by atoms with Crippen LogP contribution in [-0.2, 0) is 9.63 Å². The van der Waals surface area contributed by atoms with Gasteiger partial charge in [-0.2, -0.15) is 0 Å². The number of nitrogens with zero attached hydrogens (tertiary/aromatic N) is 2. The summed E-state index contributed by atoms with van der Waals surface area (Å²) in [5.74, 6) is 2.49. The molecule has 2 atom stereocenters. The highest BCUT2D eigenvalue weighted by Crippen LogP contribution is 2.20. The fourth-order valence-electron chi connectivity index (χ4n) is 2.05. The first-order valence-electron chi connectivity index (χ1n) is 6.42. The molecule has 4 nitrogen and oxygen atoms in total. The van der Waals surface area contributed by atoms with Crippen molar-refractivity contribution in [1.29, 1.82) is 0 Å². The number of piperazine rings is 1. The van der Waals surface area contributed by atoms with Gasteiger partial charge in [-0.3, -0.25) is 4.90 Å². The molecule has 0 aromatic heterocycles. The Bertz CT molecular complexity index is 329. The third kappa shape index (κ3) is 3.72. The number of carbonyl (C=O) groups excluding carboxylic acids is 1. The van der Waals surface area contributed by atoms with Crippen LogP contribution in [0.5, 0.6) is 0 Å². The third-order valence-corrected chi connectivity index (χ3v) is 3.17. The van der Waals surface area contributed by atoms with Crippen molar-refractivity contribution in [3.05, 3.63) is 0 Å². The van der Waals surface area contributed by atoms with Crippen molar-refractivity contribution in [3.63, 3.8) is 0 Å². The molecule has 0 amide bonds. The van der Waals surface area contributed by atoms with Gasteiger partial charge >= 0.3 is 5.97 Å². The standard InChI is InChI=1S/C14H24N2O2/c1-7-8-16-11(2)9-15(10-12(16)3)18-13(17)14(4,5)6/h1,11-12H,8-10H2,2-6H3. The molecule has 4 heteroatoms. The summed E-state index contributed by atoms with van der Waals surface area (Å²) in [5, 5.41) is 1.76. The van der Waals surface area contributed by atoms with Crippen molar-refractivity contribution in [1.82, 2.24) is 9.96 Å². The van der Waals surface area contributed by atoms with Crippen LogP contribution in [0, 0.1) is 17.8 Å². The van der Waals surface area contributed by atoms with Crippen molar-refractivity contribution < 1.29 is 9.63 Å². The van der Waals surface area contributed by atoms with Crippen LogP contribution in [0.15, 0.2) is 0 Å². The summed E-state index contributed by atoms with van der Waals surface area (Å²) in [6.45, 7) is 11.8. The van der Waals surface area contributed by atoms with E-state index in [1.165, 1.54) is 0 Å². The predicted molar refractivity (Wildman–Crippen MR) is 71.6 cm³/mol. The molecule has 1 aliphatic rings. The van der Waals surface area contributed by atoms with Gasteiger partial charge in [0.05, 0.1) is 25.0 Å². The van der Waals surface area contributed by atoms with Gasteiger partial charge in [0.2, 0.25) is 0 Å². The maximum atomic E-state index is 11.8. The Morgan fingerprint density at radius 1 is 1.33 bits per heavy atom. The Morgan fingerprint density at radius 3 is 2.22 bits per heavy atom. The summed E-state index contributed by atoms with van der Waals surface area (Å²) in [5.41, 5.74) is -0.470. The summed E-state index contributed by atoms with van der Waals surface area (Å²) >= 11 is 0. The van der Waals surface area contributed by atoms with E-state index in [0.717, 1.165) is 0 Å². The molecule has 0 spiro atoms. The van der Waals surface area contributed by atoms with Gasteiger partial charge in [0.25, 0.3) is 0 Å². The third-order valence-electron chi connectivity index (χ3n) is 3.17. The van der Waals surface area contributed by atoms with E-state index in [0.29, 0.717) is 19.6 Å². The Hall–Kier alpha value is -1.05. The van der Waals surface area contributed by atoms with Crippen LogP contribution in [-0.4, -0.2) is 47.7 Å². The lowest BCUT2D eigenvalue weighted by molar-refractivity contribution is -0.215. The molecule has 1 rings (SSSR count). The lowest BCUT2D eigenvalue weighted by atomic mass is 9.98. The minimum absolute atomic E-state index is 0.188. The number of terminal acetylenes is 1. The monoisotopic (exact) mass is 252 g/mol. The molecule has 2 unspecified atom stereocenters. The molecule has 1 saturated heterocycles. The average molecular weight is 252 g/mol. The number of hydrogen-bond acceptors (Lipinski definition) is 4. The van der Waals surface area contributed by atoms with Crippen LogP contribution in [0.3, 0.4) is 0 Å². The van der Waals surface area contributed by atoms with Crippen LogP contribution in [0.4, 0.5) is 0 Å². The van der Waals surface area contributed by atoms with E-state index in [-0.39, 0.29) is 18.1 Å². The summed E-state index contributed by atoms with van der Waals surface area (Å²) in [6.07, 6.45) is 5.37. The Morgan fingerprint density at radius 2 is 1.83 bits per heavy atom. The Labute approximate surface area is 110 Å². The van der Waals surface area contributed by atoms with Gasteiger partial charge in [-0.15, -0.1) is 11.5 Å². The van der Waals surface area contributed by atoms with E-state index in [1.54, 1.807) is 5.06 Å². The zero-order valence-electron chi connectivity index (χ0n) is 12.1. The van der Waals surface area contributed by atoms with E-state index in [4.69, 9.17) is 11.3 Å². The van der Waals surface area contributed by atoms with Crippen molar-refractivity contribution >= 4 is 5.97 Å². The summed E-state index contributed by atoms with van der Waals surface area (Å²) in [6, 6.07) is 0.579. The molecule has 0 radical (unpaired) electrons. The quantitative estimate of drug-likeness (QED) is 0.698. The number of rotatable bonds is 2. The van der Waals surface area contributed by atoms with Gasteiger partial charge in [0.15, 0.2) is 0 Å². The number of carbonyl (C=O) groups is 1. The maximum absolute atomic E-state index is 11.8. The molecular formula is C14H24N2O2. The molecule has 0 aromatic rings. The van der Waals surface area contributed by atoms with E-state index in [2.05, 4.69) is 24.7 Å². The molecule has 1 fully saturated rings. The molecule has 0 aromatic carbocycles. The highest BCUT2D eigenvalue weighted by atomic mass is 16.7. The summed E-state index contributed by atoms with van der Waals surface area (Å²) < 4.78 is 0. The van der Waals surface area contributed by atoms with Crippen molar-refractivity contribution in [2.75, 3.05) is 19.6 Å². The van der Waals surface area contributed by atoms with E-state index in [9.17, 15) is 4.79 Å². The molecule has 0 bridgehead atoms. The normalized spacial score (nSPS) is 26.7. The maximum Gasteiger partial charge on any atom is 0.330 e. The fraction of sp³-hybridized carbons (Fsp3) is 0.786. The van der Waals surface area contributed by atoms with Crippen LogP contribution in [0.25, 0.3) is 0 Å². The SMILES string of the molecule is C#CCN1C(C)CN(OC(=O)C(C)(C)C)CC1C. The Kier molecular flexibility index (Phi) is 4.78. The number of hydrogen-bond donors (Lipinski definition) is 0. The van der Waals surface area contributed by atoms with Crippen molar-refractivity contribution in [3.8, 4) is 12.3 Å². The van der Waals surface area contributed by atoms with E-state index >= 15 is 0 Å². The fourth-order valence-corrected chi connectivity index (χ4v) is 2.05. The van der Waals surface area contributed by atoms with Crippen molar-refractivity contribution in [2.24, 2.45) is 5.41 Å². The predicted octanol–water partition coefficient (Wildman–Crippen LogP) is 1.52. The lowest BCUT2D eigenvalue weighted by Crippen LogP contribution is -2.57. The molecule has 0 saturated carbocycles. The summed E-state index contributed by atoms with van der Waals surface area (Å²) in [7, 11) is 0. The largest absolute Gasteiger partial charge is 0.367 e. The lowest BCUT2D eigenvalue weighted by Gasteiger charge is -2.42. The second-order valence-electron chi connectivity index (χ2n) is 6.05. The second-order valence-corrected chi connectivity index (χ2v) is 6.05. The molecular weight excluding hydrogens is 228 g/mol. The van der Waals surface area contributed by atoms with Gasteiger partial charge in [0, 0.05) is 12.1 Å². The number of hydroxylamine groups is 2. The molecule has 102 valence electrons. The topological polar surface area (TPSA) is 32.8 Å². The first-order chi connectivity index (χ1) is 8.25. The first-order valence-corrected chi connectivity index (χ1v) is 6.42. The van der Waals surface area contributed by atoms with Crippen LogP contribution < -0.4 is 0 Å². The molecule has 18 heavy (non-hydrogen) atoms. The van der Waals surface area contributed by atoms with Gasteiger partial charge in [-0.1, -0.05) is 5.92 Å². The smallest absolute Gasteiger partial charge is 0.330 e. The molecule has 0 aliphatic carbocycles. The van der Waals surface area contributed by atoms with Crippen LogP contribution in [0.1, 0.15) is 34.6 Å². The highest BCUT2D eigenvalue weighted by molar-refractivity contribution is 5.75. The van der Waals surface area contributed by atoms with Gasteiger partial charge < -0.3 is 4.84 Å². The highest BCUT2D eigenvalue weighted by Gasteiger charge is 2.33. The molecule has 1 heterocycles.